The lowest BCUT2D eigenvalue weighted by Crippen LogP contribution is -2.51. The summed E-state index contributed by atoms with van der Waals surface area (Å²) in [6, 6.07) is 1.66. The molecule has 0 saturated heterocycles. The van der Waals surface area contributed by atoms with E-state index in [4.69, 9.17) is 53.1 Å². The maximum atomic E-state index is 13.4. The zero-order valence-corrected chi connectivity index (χ0v) is 44.4. The second-order valence-corrected chi connectivity index (χ2v) is 18.4. The summed E-state index contributed by atoms with van der Waals surface area (Å²) < 4.78 is 55.1. The smallest absolute Gasteiger partial charge is 0.254 e. The standard InChI is InChI=1S/C52H80N8O16/c1-3-9-59(10-4-2)51(66)39-31-43-44(57-45(53)33-39)32-40(37-56-43)49(64)58-52-34-41(35-52)42(36-52)50(65)55-8-12-68-14-16-70-18-20-72-22-24-74-26-28-76-30-29-75-27-25-73-23-21-71-19-17-69-15-13-67-11-7-54-46(61)38-60-47(62)5-6-48(60)63/h5-6,31-32,37,41-42H,3-4,7-30,33-36,38H2,1-2H3,(H2,53,57)(H,54,61)(H,55,65)(H,58,64). The van der Waals surface area contributed by atoms with Crippen LogP contribution in [0.4, 0.5) is 5.69 Å². The zero-order valence-electron chi connectivity index (χ0n) is 44.4. The Labute approximate surface area is 445 Å². The number of nitrogens with zero attached hydrogens (tertiary/aromatic N) is 4. The number of amidine groups is 1. The van der Waals surface area contributed by atoms with Gasteiger partial charge in [0.1, 0.15) is 12.4 Å². The Bertz CT molecular complexity index is 2060. The van der Waals surface area contributed by atoms with Gasteiger partial charge in [-0.1, -0.05) is 13.8 Å². The number of pyridine rings is 1. The number of hydrogen-bond donors (Lipinski definition) is 4. The third-order valence-corrected chi connectivity index (χ3v) is 12.5. The first-order valence-corrected chi connectivity index (χ1v) is 26.5. The van der Waals surface area contributed by atoms with Gasteiger partial charge >= 0.3 is 0 Å². The van der Waals surface area contributed by atoms with Crippen molar-refractivity contribution in [3.63, 3.8) is 0 Å². The molecule has 3 heterocycles. The van der Waals surface area contributed by atoms with Gasteiger partial charge in [-0.05, 0) is 50.2 Å². The number of aromatic nitrogens is 1. The number of ether oxygens (including phenoxy) is 10. The average molecular weight is 1070 g/mol. The van der Waals surface area contributed by atoms with E-state index in [1.165, 1.54) is 6.20 Å². The molecule has 3 aliphatic carbocycles. The lowest BCUT2D eigenvalue weighted by Gasteiger charge is -2.39. The normalized spacial score (nSPS) is 18.5. The summed E-state index contributed by atoms with van der Waals surface area (Å²) in [4.78, 5) is 86.3. The van der Waals surface area contributed by atoms with Crippen LogP contribution in [0.1, 0.15) is 68.4 Å². The predicted molar refractivity (Wildman–Crippen MR) is 276 cm³/mol. The predicted octanol–water partition coefficient (Wildman–Crippen LogP) is 0.728. The minimum atomic E-state index is -0.499. The highest BCUT2D eigenvalue weighted by atomic mass is 16.6. The van der Waals surface area contributed by atoms with Crippen LogP contribution in [0.5, 0.6) is 0 Å². The molecule has 3 saturated carbocycles. The van der Waals surface area contributed by atoms with Crippen molar-refractivity contribution < 1.29 is 76.1 Å². The third kappa shape index (κ3) is 22.0. The summed E-state index contributed by atoms with van der Waals surface area (Å²) in [5.41, 5.74) is 7.60. The Kier molecular flexibility index (Phi) is 28.5. The Hall–Kier alpha value is -5.28. The molecular weight excluding hydrogens is 993 g/mol. The third-order valence-electron chi connectivity index (χ3n) is 12.5. The zero-order chi connectivity index (χ0) is 54.2. The first-order chi connectivity index (χ1) is 37.0. The summed E-state index contributed by atoms with van der Waals surface area (Å²) in [6.07, 6.45) is 9.44. The number of nitrogens with two attached hydrogens (primary N) is 1. The highest BCUT2D eigenvalue weighted by Gasteiger charge is 2.58. The fraction of sp³-hybridized carbons (Fsp3) is 0.692. The van der Waals surface area contributed by atoms with Gasteiger partial charge in [-0.2, -0.15) is 0 Å². The van der Waals surface area contributed by atoms with E-state index in [2.05, 4.69) is 25.9 Å². The van der Waals surface area contributed by atoms with E-state index in [0.717, 1.165) is 42.7 Å². The van der Waals surface area contributed by atoms with E-state index in [-0.39, 0.29) is 61.5 Å². The fourth-order valence-electron chi connectivity index (χ4n) is 8.85. The Balaban J connectivity index is 0.733. The molecule has 24 heteroatoms. The summed E-state index contributed by atoms with van der Waals surface area (Å²) in [5.74, 6) is -1.51. The Morgan fingerprint density at radius 2 is 1.11 bits per heavy atom. The van der Waals surface area contributed by atoms with Gasteiger partial charge in [-0.15, -0.1) is 0 Å². The van der Waals surface area contributed by atoms with Crippen LogP contribution in [-0.2, 0) is 71.3 Å². The van der Waals surface area contributed by atoms with Gasteiger partial charge in [0.05, 0.1) is 149 Å². The molecular formula is C52H80N8O16. The summed E-state index contributed by atoms with van der Waals surface area (Å²) in [5, 5.41) is 8.75. The molecule has 5 aliphatic rings. The fourth-order valence-corrected chi connectivity index (χ4v) is 8.85. The lowest BCUT2D eigenvalue weighted by molar-refractivity contribution is -0.141. The number of aliphatic imine (C=N–C) groups is 1. The van der Waals surface area contributed by atoms with Gasteiger partial charge in [-0.25, -0.2) is 4.99 Å². The summed E-state index contributed by atoms with van der Waals surface area (Å²) in [7, 11) is 0. The van der Waals surface area contributed by atoms with E-state index in [9.17, 15) is 28.8 Å². The molecule has 0 spiro atoms. The van der Waals surface area contributed by atoms with Crippen LogP contribution in [0.25, 0.3) is 6.08 Å². The first-order valence-electron chi connectivity index (χ1n) is 26.5. The molecule has 1 unspecified atom stereocenters. The Morgan fingerprint density at radius 1 is 0.658 bits per heavy atom. The van der Waals surface area contributed by atoms with Crippen molar-refractivity contribution in [3.8, 4) is 0 Å². The van der Waals surface area contributed by atoms with Crippen molar-refractivity contribution in [3.05, 3.63) is 41.2 Å². The molecule has 1 aromatic rings. The van der Waals surface area contributed by atoms with Crippen LogP contribution in [0.15, 0.2) is 35.0 Å². The van der Waals surface area contributed by atoms with Crippen LogP contribution < -0.4 is 21.7 Å². The molecule has 76 heavy (non-hydrogen) atoms. The van der Waals surface area contributed by atoms with E-state index in [0.29, 0.717) is 174 Å². The minimum Gasteiger partial charge on any atom is -0.387 e. The largest absolute Gasteiger partial charge is 0.387 e. The maximum absolute atomic E-state index is 13.4. The molecule has 3 fully saturated rings. The quantitative estimate of drug-likeness (QED) is 0.0518. The number of imide groups is 1. The van der Waals surface area contributed by atoms with Gasteiger partial charge < -0.3 is 74.0 Å². The molecule has 2 aliphatic heterocycles. The van der Waals surface area contributed by atoms with Crippen molar-refractivity contribution in [2.24, 2.45) is 22.6 Å². The van der Waals surface area contributed by atoms with Crippen molar-refractivity contribution in [1.82, 2.24) is 30.7 Å². The van der Waals surface area contributed by atoms with Crippen LogP contribution in [-0.4, -0.2) is 226 Å². The minimum absolute atomic E-state index is 0.0296. The van der Waals surface area contributed by atoms with Gasteiger partial charge in [-0.3, -0.25) is 38.7 Å². The second-order valence-electron chi connectivity index (χ2n) is 18.4. The van der Waals surface area contributed by atoms with E-state index < -0.39 is 23.3 Å². The van der Waals surface area contributed by atoms with Gasteiger partial charge in [0.25, 0.3) is 17.7 Å². The number of rotatable bonds is 43. The molecule has 0 radical (unpaired) electrons. The average Bonchev–Trinajstić information content (AvgIpc) is 4.02. The Morgan fingerprint density at radius 3 is 1.57 bits per heavy atom. The molecule has 0 aromatic carbocycles. The summed E-state index contributed by atoms with van der Waals surface area (Å²) in [6.45, 7) is 13.9. The summed E-state index contributed by atoms with van der Waals surface area (Å²) >= 11 is 0. The highest BCUT2D eigenvalue weighted by Crippen LogP contribution is 2.55. The van der Waals surface area contributed by atoms with E-state index >= 15 is 0 Å². The van der Waals surface area contributed by atoms with Gasteiger partial charge in [0, 0.05) is 68.0 Å². The van der Waals surface area contributed by atoms with Crippen LogP contribution in [0, 0.1) is 11.8 Å². The highest BCUT2D eigenvalue weighted by molar-refractivity contribution is 6.14. The number of carbonyl (C=O) groups excluding carboxylic acids is 6. The molecule has 24 nitrogen and oxygen atoms in total. The molecule has 2 bridgehead atoms. The van der Waals surface area contributed by atoms with Crippen molar-refractivity contribution >= 4 is 53.0 Å². The van der Waals surface area contributed by atoms with Crippen molar-refractivity contribution in [2.75, 3.05) is 165 Å². The topological polar surface area (TPSA) is 289 Å². The molecule has 1 aromatic heterocycles. The second kappa shape index (κ2) is 35.2. The number of amides is 6. The van der Waals surface area contributed by atoms with E-state index in [1.807, 2.05) is 18.7 Å². The lowest BCUT2D eigenvalue weighted by atomic mass is 9.76. The number of fused-ring (bicyclic) bond motifs is 2. The van der Waals surface area contributed by atoms with Crippen LogP contribution >= 0.6 is 0 Å². The van der Waals surface area contributed by atoms with Crippen LogP contribution in [0.3, 0.4) is 0 Å². The number of nitrogens with one attached hydrogen (secondary N) is 3. The van der Waals surface area contributed by atoms with Crippen LogP contribution in [0.2, 0.25) is 0 Å². The van der Waals surface area contributed by atoms with Crippen molar-refractivity contribution in [1.29, 1.82) is 0 Å². The SMILES string of the molecule is CCCN(CCC)C(=O)C1=Cc2ncc(C(=O)NC34CC(C3)C(C(=O)NCCOCCOCCOCCOCCOCCOCCOCCOCCOCCOCCNC(=O)CN3C(=O)C=CC3=O)C4)cc2N=C(N)C1. The maximum Gasteiger partial charge on any atom is 0.254 e. The number of carbonyl (C=O) groups is 6. The van der Waals surface area contributed by atoms with Gasteiger partial charge in [0.15, 0.2) is 0 Å². The first kappa shape index (κ1) is 61.6. The molecule has 1 atom stereocenters. The van der Waals surface area contributed by atoms with Gasteiger partial charge in [0.2, 0.25) is 17.7 Å². The molecule has 6 amide bonds. The molecule has 5 N–H and O–H groups in total. The number of hydrogen-bond acceptors (Lipinski definition) is 19. The molecule has 424 valence electrons. The molecule has 6 rings (SSSR count). The van der Waals surface area contributed by atoms with Crippen molar-refractivity contribution in [2.45, 2.75) is 57.9 Å². The monoisotopic (exact) mass is 1070 g/mol. The van der Waals surface area contributed by atoms with E-state index in [1.54, 1.807) is 12.1 Å².